The molecule has 2 fully saturated rings. The Morgan fingerprint density at radius 3 is 2.83 bits per heavy atom. The summed E-state index contributed by atoms with van der Waals surface area (Å²) in [5, 5.41) is 6.54. The van der Waals surface area contributed by atoms with Gasteiger partial charge in [-0.05, 0) is 45.3 Å². The molecule has 2 aliphatic heterocycles. The van der Waals surface area contributed by atoms with Gasteiger partial charge in [-0.1, -0.05) is 13.8 Å². The van der Waals surface area contributed by atoms with E-state index in [0.29, 0.717) is 12.0 Å². The lowest BCUT2D eigenvalue weighted by Gasteiger charge is -2.32. The summed E-state index contributed by atoms with van der Waals surface area (Å²) in [5.41, 5.74) is -0.183. The van der Waals surface area contributed by atoms with Crippen LogP contribution < -0.4 is 10.6 Å². The van der Waals surface area contributed by atoms with E-state index < -0.39 is 0 Å². The second-order valence-corrected chi connectivity index (χ2v) is 6.22. The monoisotopic (exact) mass is 253 g/mol. The minimum Gasteiger partial charge on any atom is -0.354 e. The van der Waals surface area contributed by atoms with E-state index in [9.17, 15) is 4.79 Å². The maximum absolute atomic E-state index is 12.5. The van der Waals surface area contributed by atoms with Crippen LogP contribution in [-0.4, -0.2) is 50.1 Å². The summed E-state index contributed by atoms with van der Waals surface area (Å²) in [5.74, 6) is 0.650. The fourth-order valence-electron chi connectivity index (χ4n) is 3.28. The van der Waals surface area contributed by atoms with Gasteiger partial charge in [-0.15, -0.1) is 0 Å². The van der Waals surface area contributed by atoms with E-state index in [1.54, 1.807) is 0 Å². The number of rotatable bonds is 4. The summed E-state index contributed by atoms with van der Waals surface area (Å²) in [6, 6.07) is 0.535. The normalized spacial score (nSPS) is 33.2. The SMILES string of the molecule is CC(C)C1(C(=O)NCC2CCCN2C)CCNC1. The van der Waals surface area contributed by atoms with Crippen LogP contribution >= 0.6 is 0 Å². The molecule has 2 atom stereocenters. The van der Waals surface area contributed by atoms with E-state index in [0.717, 1.165) is 32.6 Å². The Balaban J connectivity index is 1.90. The number of likely N-dealkylation sites (tertiary alicyclic amines) is 1. The molecule has 2 saturated heterocycles. The van der Waals surface area contributed by atoms with Gasteiger partial charge in [-0.2, -0.15) is 0 Å². The average Bonchev–Trinajstić information content (AvgIpc) is 2.95. The molecule has 2 heterocycles. The maximum atomic E-state index is 12.5. The second-order valence-electron chi connectivity index (χ2n) is 6.22. The number of nitrogens with zero attached hydrogens (tertiary/aromatic N) is 1. The first kappa shape index (κ1) is 13.8. The zero-order valence-electron chi connectivity index (χ0n) is 12.0. The largest absolute Gasteiger partial charge is 0.354 e. The lowest BCUT2D eigenvalue weighted by atomic mass is 9.75. The highest BCUT2D eigenvalue weighted by Gasteiger charge is 2.43. The molecule has 0 spiro atoms. The van der Waals surface area contributed by atoms with Crippen LogP contribution in [0.4, 0.5) is 0 Å². The molecule has 0 saturated carbocycles. The zero-order valence-corrected chi connectivity index (χ0v) is 12.0. The van der Waals surface area contributed by atoms with Crippen molar-refractivity contribution < 1.29 is 4.79 Å². The first-order valence-electron chi connectivity index (χ1n) is 7.25. The van der Waals surface area contributed by atoms with Crippen molar-refractivity contribution in [1.82, 2.24) is 15.5 Å². The van der Waals surface area contributed by atoms with E-state index >= 15 is 0 Å². The molecular formula is C14H27N3O. The molecule has 18 heavy (non-hydrogen) atoms. The third-order valence-electron chi connectivity index (χ3n) is 4.92. The van der Waals surface area contributed by atoms with Gasteiger partial charge in [-0.3, -0.25) is 4.79 Å². The van der Waals surface area contributed by atoms with E-state index in [-0.39, 0.29) is 11.3 Å². The van der Waals surface area contributed by atoms with Gasteiger partial charge >= 0.3 is 0 Å². The molecule has 2 unspecified atom stereocenters. The van der Waals surface area contributed by atoms with Gasteiger partial charge in [0.25, 0.3) is 0 Å². The van der Waals surface area contributed by atoms with Crippen molar-refractivity contribution in [2.45, 2.75) is 39.2 Å². The Kier molecular flexibility index (Phi) is 4.28. The predicted molar refractivity (Wildman–Crippen MR) is 73.4 cm³/mol. The lowest BCUT2D eigenvalue weighted by molar-refractivity contribution is -0.132. The summed E-state index contributed by atoms with van der Waals surface area (Å²) >= 11 is 0. The summed E-state index contributed by atoms with van der Waals surface area (Å²) in [6.45, 7) is 8.09. The highest BCUT2D eigenvalue weighted by Crippen LogP contribution is 2.34. The first-order chi connectivity index (χ1) is 8.56. The minimum atomic E-state index is -0.183. The summed E-state index contributed by atoms with van der Waals surface area (Å²) < 4.78 is 0. The maximum Gasteiger partial charge on any atom is 0.227 e. The van der Waals surface area contributed by atoms with Crippen LogP contribution in [0.2, 0.25) is 0 Å². The van der Waals surface area contributed by atoms with Gasteiger partial charge in [0.2, 0.25) is 5.91 Å². The van der Waals surface area contributed by atoms with Crippen LogP contribution in [0.15, 0.2) is 0 Å². The fraction of sp³-hybridized carbons (Fsp3) is 0.929. The predicted octanol–water partition coefficient (Wildman–Crippen LogP) is 0.833. The molecule has 4 nitrogen and oxygen atoms in total. The smallest absolute Gasteiger partial charge is 0.227 e. The zero-order chi connectivity index (χ0) is 13.2. The van der Waals surface area contributed by atoms with Gasteiger partial charge in [0.1, 0.15) is 0 Å². The van der Waals surface area contributed by atoms with Gasteiger partial charge in [0, 0.05) is 19.1 Å². The van der Waals surface area contributed by atoms with E-state index in [1.165, 1.54) is 12.8 Å². The number of nitrogens with one attached hydrogen (secondary N) is 2. The van der Waals surface area contributed by atoms with Gasteiger partial charge in [0.05, 0.1) is 5.41 Å². The molecule has 1 amide bonds. The van der Waals surface area contributed by atoms with Gasteiger partial charge in [0.15, 0.2) is 0 Å². The molecule has 0 aromatic rings. The molecule has 0 aliphatic carbocycles. The third-order valence-corrected chi connectivity index (χ3v) is 4.92. The van der Waals surface area contributed by atoms with Crippen LogP contribution in [0.25, 0.3) is 0 Å². The lowest BCUT2D eigenvalue weighted by Crippen LogP contribution is -2.49. The second kappa shape index (κ2) is 5.57. The van der Waals surface area contributed by atoms with Crippen molar-refractivity contribution in [2.24, 2.45) is 11.3 Å². The Morgan fingerprint density at radius 1 is 1.56 bits per heavy atom. The van der Waals surface area contributed by atoms with Crippen LogP contribution in [0.3, 0.4) is 0 Å². The van der Waals surface area contributed by atoms with Crippen molar-refractivity contribution in [2.75, 3.05) is 33.2 Å². The van der Waals surface area contributed by atoms with Crippen molar-refractivity contribution in [3.05, 3.63) is 0 Å². The molecule has 0 aromatic heterocycles. The fourth-order valence-corrected chi connectivity index (χ4v) is 3.28. The molecule has 2 aliphatic rings. The van der Waals surface area contributed by atoms with Crippen molar-refractivity contribution in [3.8, 4) is 0 Å². The molecular weight excluding hydrogens is 226 g/mol. The molecule has 0 aromatic carbocycles. The Labute approximate surface area is 110 Å². The molecule has 0 bridgehead atoms. The number of hydrogen-bond donors (Lipinski definition) is 2. The summed E-state index contributed by atoms with van der Waals surface area (Å²) in [7, 11) is 2.15. The van der Waals surface area contributed by atoms with Crippen LogP contribution in [0.5, 0.6) is 0 Å². The Hall–Kier alpha value is -0.610. The number of amides is 1. The summed E-state index contributed by atoms with van der Waals surface area (Å²) in [4.78, 5) is 14.9. The summed E-state index contributed by atoms with van der Waals surface area (Å²) in [6.07, 6.45) is 3.44. The first-order valence-corrected chi connectivity index (χ1v) is 7.25. The molecule has 0 radical (unpaired) electrons. The van der Waals surface area contributed by atoms with Crippen molar-refractivity contribution in [1.29, 1.82) is 0 Å². The third kappa shape index (κ3) is 2.54. The topological polar surface area (TPSA) is 44.4 Å². The van der Waals surface area contributed by atoms with Crippen molar-refractivity contribution in [3.63, 3.8) is 0 Å². The molecule has 2 N–H and O–H groups in total. The number of carbonyl (C=O) groups excluding carboxylic acids is 1. The van der Waals surface area contributed by atoms with Gasteiger partial charge in [-0.25, -0.2) is 0 Å². The van der Waals surface area contributed by atoms with Crippen LogP contribution in [0, 0.1) is 11.3 Å². The molecule has 104 valence electrons. The van der Waals surface area contributed by atoms with Crippen molar-refractivity contribution >= 4 is 5.91 Å². The number of hydrogen-bond acceptors (Lipinski definition) is 3. The number of likely N-dealkylation sites (N-methyl/N-ethyl adjacent to an activating group) is 1. The van der Waals surface area contributed by atoms with Gasteiger partial charge < -0.3 is 15.5 Å². The number of carbonyl (C=O) groups is 1. The standard InChI is InChI=1S/C14H27N3O/c1-11(2)14(6-7-15-10-14)13(18)16-9-12-5-4-8-17(12)3/h11-12,15H,4-10H2,1-3H3,(H,16,18). The highest BCUT2D eigenvalue weighted by molar-refractivity contribution is 5.83. The highest BCUT2D eigenvalue weighted by atomic mass is 16.2. The molecule has 4 heteroatoms. The minimum absolute atomic E-state index is 0.183. The van der Waals surface area contributed by atoms with E-state index in [1.807, 2.05) is 0 Å². The molecule has 2 rings (SSSR count). The van der Waals surface area contributed by atoms with E-state index in [2.05, 4.69) is 36.4 Å². The van der Waals surface area contributed by atoms with Crippen LogP contribution in [-0.2, 0) is 4.79 Å². The average molecular weight is 253 g/mol. The Morgan fingerprint density at radius 2 is 2.33 bits per heavy atom. The Bertz CT molecular complexity index is 297. The van der Waals surface area contributed by atoms with E-state index in [4.69, 9.17) is 0 Å². The van der Waals surface area contributed by atoms with Crippen LogP contribution in [0.1, 0.15) is 33.1 Å². The quantitative estimate of drug-likeness (QED) is 0.780.